The van der Waals surface area contributed by atoms with E-state index in [0.717, 1.165) is 94.4 Å². The molecule has 0 fully saturated rings. The van der Waals surface area contributed by atoms with E-state index in [1.165, 1.54) is 11.8 Å². The Morgan fingerprint density at radius 1 is 0.333 bits per heavy atom. The molecule has 0 bridgehead atoms. The van der Waals surface area contributed by atoms with Crippen LogP contribution in [0.15, 0.2) is 354 Å². The molecule has 10 aromatic carbocycles. The topological polar surface area (TPSA) is 240 Å². The summed E-state index contributed by atoms with van der Waals surface area (Å²) in [6, 6.07) is 102. The number of carbonyl (C=O) groups is 1. The Kier molecular flexibility index (Phi) is 56.2. The molecule has 0 atom stereocenters. The summed E-state index contributed by atoms with van der Waals surface area (Å²) in [6.07, 6.45) is 9.94. The van der Waals surface area contributed by atoms with Crippen LogP contribution in [0.1, 0.15) is 109 Å². The number of hydrogen-bond acceptors (Lipinski definition) is 17. The van der Waals surface area contributed by atoms with E-state index in [0.29, 0.717) is 109 Å². The summed E-state index contributed by atoms with van der Waals surface area (Å²) in [7, 11) is 0. The summed E-state index contributed by atoms with van der Waals surface area (Å²) in [4.78, 5) is 28.0. The van der Waals surface area contributed by atoms with Crippen molar-refractivity contribution in [3.63, 3.8) is 0 Å². The van der Waals surface area contributed by atoms with Crippen LogP contribution in [0.2, 0.25) is 10.2 Å². The number of hydrogen-bond donors (Lipinski definition) is 5. The molecule has 0 saturated heterocycles. The fourth-order valence-corrected chi connectivity index (χ4v) is 11.5. The number of phenolic OH excluding ortho intramolecular Hbond substituents is 1. The van der Waals surface area contributed by atoms with E-state index < -0.39 is 0 Å². The standard InChI is InChI=1S/C23H25NO3.C20H17NO3.C19H16BrNO2.C12H9BrClNO.C7H7Br.C7H8O.C6H4BrClO.C2H7NO.4CH4/c25-14-8-7-13-21-15-22(26-17-19-9-3-1-4-10-19)23(24-16-21)27-18-20-11-5-2-6-12-20;22-13-18-11-19(23-14-16-7-3-1-4-8-16)20(21-12-18)24-15-17-9-5-2-6-10-17;20-17-11-18(22-13-15-7-3-1-4-8-15)19(21-12-17)23-14-16-9-5-2-6-10-16;13-10-6-11(12(14)15-7-10)16-8-9-4-2-1-3-5-9;2*8-6-7-4-2-1-3-5-7;7-4-1-2-5(8)6(9)3-4;3-1-2-4;;;;/h1-6,9-12,15-16,25H,7-8,13-14,17-18H2;1-13H,14-15H2;1-12H,13-14H2;1-7H,8H2;1-5H,6H2;1-5,8H,6H2;1-3,9H;4H,1-3H2;4*1H4. The van der Waals surface area contributed by atoms with Gasteiger partial charge in [-0.25, -0.2) is 19.9 Å². The highest BCUT2D eigenvalue weighted by atomic mass is 79.9. The monoisotopic (exact) mass is 1960 g/mol. The first-order valence-corrected chi connectivity index (χ1v) is 41.9. The van der Waals surface area contributed by atoms with Crippen LogP contribution in [0.3, 0.4) is 0 Å². The van der Waals surface area contributed by atoms with Gasteiger partial charge in [0.1, 0.15) is 52.0 Å². The lowest BCUT2D eigenvalue weighted by Crippen LogP contribution is -2.03. The van der Waals surface area contributed by atoms with Crippen molar-refractivity contribution < 1.29 is 58.4 Å². The predicted molar refractivity (Wildman–Crippen MR) is 514 cm³/mol. The minimum Gasteiger partial charge on any atom is -0.506 e. The number of aromatic hydroxyl groups is 1. The van der Waals surface area contributed by atoms with E-state index >= 15 is 0 Å². The van der Waals surface area contributed by atoms with Gasteiger partial charge in [0.15, 0.2) is 34.4 Å². The molecular weight excluding hydrogens is 1850 g/mol. The van der Waals surface area contributed by atoms with E-state index in [4.69, 9.17) is 82.5 Å². The van der Waals surface area contributed by atoms with Gasteiger partial charge >= 0.3 is 0 Å². The SMILES string of the molecule is BrCc1ccccc1.Brc1cnc(OCc2ccccc2)c(OCc2ccccc2)c1.C.C.C.C.Clc1ncc(Br)cc1OCc1ccccc1.NCCO.O=Cc1cnc(OCc2ccccc2)c(OCc2ccccc2)c1.OCCCCc1cnc(OCc2ccccc2)c(OCc2ccccc2)c1.OCc1ccccc1.Oc1cc(Br)ccc1Cl. The molecule has 0 unspecified atom stereocenters. The van der Waals surface area contributed by atoms with Crippen LogP contribution >= 0.6 is 86.9 Å². The number of halogens is 6. The number of rotatable bonds is 29. The Hall–Kier alpha value is -10.8. The molecule has 123 heavy (non-hydrogen) atoms. The van der Waals surface area contributed by atoms with Crippen molar-refractivity contribution in [2.45, 2.75) is 107 Å². The number of nitrogens with two attached hydrogens (primary N) is 1. The fraction of sp³-hybridized carbons (Fsp3) is 0.190. The number of nitrogens with zero attached hydrogens (tertiary/aromatic N) is 4. The minimum atomic E-state index is 0. The molecule has 4 heterocycles. The average molecular weight is 1960 g/mol. The van der Waals surface area contributed by atoms with E-state index in [-0.39, 0.29) is 55.3 Å². The number of aliphatic hydroxyl groups excluding tert-OH is 3. The zero-order chi connectivity index (χ0) is 84.5. The van der Waals surface area contributed by atoms with Crippen LogP contribution in [0, 0.1) is 0 Å². The molecule has 0 radical (unpaired) electrons. The lowest BCUT2D eigenvalue weighted by atomic mass is 10.1. The molecule has 4 aromatic heterocycles. The van der Waals surface area contributed by atoms with Crippen molar-refractivity contribution in [1.29, 1.82) is 0 Å². The van der Waals surface area contributed by atoms with Crippen LogP contribution in [-0.2, 0) is 64.6 Å². The predicted octanol–water partition coefficient (Wildman–Crippen LogP) is 25.7. The normalized spacial score (nSPS) is 9.67. The van der Waals surface area contributed by atoms with Gasteiger partial charge in [-0.05, 0) is 143 Å². The molecule has 14 rings (SSSR count). The number of phenols is 1. The molecule has 648 valence electrons. The summed E-state index contributed by atoms with van der Waals surface area (Å²) in [5, 5.41) is 35.9. The third kappa shape index (κ3) is 44.2. The van der Waals surface area contributed by atoms with Crippen molar-refractivity contribution in [1.82, 2.24) is 19.9 Å². The lowest BCUT2D eigenvalue weighted by Gasteiger charge is -2.13. The number of aromatic nitrogens is 4. The molecular formula is C100H109Br4Cl2N5O12. The maximum absolute atomic E-state index is 11.0. The largest absolute Gasteiger partial charge is 0.506 e. The Morgan fingerprint density at radius 3 is 0.959 bits per heavy atom. The zero-order valence-corrected chi connectivity index (χ0v) is 73.1. The van der Waals surface area contributed by atoms with Gasteiger partial charge < -0.3 is 59.3 Å². The molecule has 14 aromatic rings. The number of ether oxygens (including phenoxy) is 7. The van der Waals surface area contributed by atoms with Crippen molar-refractivity contribution >= 4 is 93.2 Å². The fourth-order valence-electron chi connectivity index (χ4n) is 9.87. The van der Waals surface area contributed by atoms with Crippen molar-refractivity contribution in [2.24, 2.45) is 5.73 Å². The van der Waals surface area contributed by atoms with Crippen LogP contribution < -0.4 is 38.9 Å². The number of unbranched alkanes of at least 4 members (excludes halogenated alkanes) is 1. The highest BCUT2D eigenvalue weighted by Gasteiger charge is 2.14. The Bertz CT molecular complexity index is 5010. The van der Waals surface area contributed by atoms with Gasteiger partial charge in [0.05, 0.1) is 18.2 Å². The summed E-state index contributed by atoms with van der Waals surface area (Å²) < 4.78 is 43.3. The molecule has 0 saturated carbocycles. The molecule has 0 spiro atoms. The van der Waals surface area contributed by atoms with Gasteiger partial charge in [0, 0.05) is 68.3 Å². The molecule has 6 N–H and O–H groups in total. The average Bonchev–Trinajstić information content (AvgIpc) is 0.864. The third-order valence-corrected chi connectivity index (χ3v) is 18.6. The van der Waals surface area contributed by atoms with Crippen molar-refractivity contribution in [2.75, 3.05) is 19.8 Å². The van der Waals surface area contributed by atoms with Gasteiger partial charge in [-0.15, -0.1) is 0 Å². The zero-order valence-electron chi connectivity index (χ0n) is 65.2. The van der Waals surface area contributed by atoms with E-state index in [2.05, 4.69) is 95.8 Å². The maximum Gasteiger partial charge on any atom is 0.257 e. The van der Waals surface area contributed by atoms with Crippen LogP contribution in [0.4, 0.5) is 0 Å². The number of benzene rings is 10. The van der Waals surface area contributed by atoms with Crippen molar-refractivity contribution in [3.8, 4) is 46.4 Å². The van der Waals surface area contributed by atoms with Gasteiger partial charge in [-0.1, -0.05) is 358 Å². The van der Waals surface area contributed by atoms with Crippen LogP contribution in [0.25, 0.3) is 0 Å². The second kappa shape index (κ2) is 65.0. The van der Waals surface area contributed by atoms with E-state index in [1.54, 1.807) is 42.7 Å². The Labute approximate surface area is 769 Å². The quantitative estimate of drug-likeness (QED) is 0.0127. The number of alkyl halides is 1. The van der Waals surface area contributed by atoms with Crippen LogP contribution in [0.5, 0.6) is 46.4 Å². The minimum absolute atomic E-state index is 0. The molecule has 23 heteroatoms. The van der Waals surface area contributed by atoms with Gasteiger partial charge in [-0.2, -0.15) is 0 Å². The first-order valence-electron chi connectivity index (χ1n) is 37.6. The summed E-state index contributed by atoms with van der Waals surface area (Å²) in [6.45, 7) is 3.91. The molecule has 0 aliphatic heterocycles. The second-order valence-corrected chi connectivity index (χ2v) is 29.3. The molecule has 17 nitrogen and oxygen atoms in total. The number of aliphatic hydroxyl groups is 3. The highest BCUT2D eigenvalue weighted by Crippen LogP contribution is 2.33. The number of pyridine rings is 4. The maximum atomic E-state index is 11.0. The third-order valence-electron chi connectivity index (χ3n) is 15.9. The van der Waals surface area contributed by atoms with Crippen molar-refractivity contribution in [3.05, 3.63) is 425 Å². The van der Waals surface area contributed by atoms with Gasteiger partial charge in [0.25, 0.3) is 17.6 Å². The number of aryl methyl sites for hydroxylation is 1. The van der Waals surface area contributed by atoms with Gasteiger partial charge in [-0.3, -0.25) is 4.79 Å². The Balaban J connectivity index is 0.000000380. The molecule has 0 amide bonds. The molecule has 0 aliphatic carbocycles. The Morgan fingerprint density at radius 2 is 0.642 bits per heavy atom. The summed E-state index contributed by atoms with van der Waals surface area (Å²) >= 11 is 24.7. The highest BCUT2D eigenvalue weighted by molar-refractivity contribution is 9.11. The van der Waals surface area contributed by atoms with E-state index in [1.807, 2.05) is 279 Å². The molecule has 0 aliphatic rings. The van der Waals surface area contributed by atoms with E-state index in [9.17, 15) is 4.79 Å². The lowest BCUT2D eigenvalue weighted by molar-refractivity contribution is 0.112. The first kappa shape index (κ1) is 106. The summed E-state index contributed by atoms with van der Waals surface area (Å²) in [5.41, 5.74) is 16.1. The van der Waals surface area contributed by atoms with Gasteiger partial charge in [0.2, 0.25) is 0 Å². The second-order valence-electron chi connectivity index (χ2n) is 25.2. The van der Waals surface area contributed by atoms with Crippen LogP contribution in [-0.4, -0.2) is 66.4 Å². The summed E-state index contributed by atoms with van der Waals surface area (Å²) in [5.74, 6) is 3.79. The smallest absolute Gasteiger partial charge is 0.257 e. The number of aldehydes is 1. The number of carbonyl (C=O) groups excluding carboxylic acids is 1. The first-order chi connectivity index (χ1) is 58.2.